The lowest BCUT2D eigenvalue weighted by atomic mass is 10.2. The molecule has 5 heteroatoms. The fraction of sp³-hybridized carbons (Fsp3) is 0.368. The Bertz CT molecular complexity index is 696. The molecule has 0 atom stereocenters. The molecular formula is C19H23N3OS. The maximum absolute atomic E-state index is 12.4. The van der Waals surface area contributed by atoms with E-state index >= 15 is 0 Å². The van der Waals surface area contributed by atoms with Crippen LogP contribution in [0.4, 0.5) is 0 Å². The second-order valence-electron chi connectivity index (χ2n) is 6.07. The first-order valence-electron chi connectivity index (χ1n) is 8.36. The van der Waals surface area contributed by atoms with Gasteiger partial charge in [0.1, 0.15) is 0 Å². The molecule has 0 aliphatic carbocycles. The van der Waals surface area contributed by atoms with Gasteiger partial charge in [-0.15, -0.1) is 11.3 Å². The van der Waals surface area contributed by atoms with Crippen LogP contribution in [0.15, 0.2) is 41.8 Å². The highest BCUT2D eigenvalue weighted by Crippen LogP contribution is 2.11. The molecule has 4 nitrogen and oxygen atoms in total. The van der Waals surface area contributed by atoms with Crippen molar-refractivity contribution in [3.05, 3.63) is 58.1 Å². The van der Waals surface area contributed by atoms with E-state index in [-0.39, 0.29) is 5.91 Å². The number of benzene rings is 1. The molecule has 3 rings (SSSR count). The van der Waals surface area contributed by atoms with Crippen molar-refractivity contribution < 1.29 is 4.79 Å². The molecule has 1 aliphatic heterocycles. The maximum atomic E-state index is 12.4. The Morgan fingerprint density at radius 3 is 2.79 bits per heavy atom. The van der Waals surface area contributed by atoms with Crippen molar-refractivity contribution in [1.29, 1.82) is 0 Å². The molecule has 1 saturated heterocycles. The number of aryl methyl sites for hydroxylation is 1. The Morgan fingerprint density at radius 2 is 2.04 bits per heavy atom. The Kier molecular flexibility index (Phi) is 5.77. The zero-order valence-electron chi connectivity index (χ0n) is 14.0. The van der Waals surface area contributed by atoms with Crippen LogP contribution in [0.1, 0.15) is 22.7 Å². The highest BCUT2D eigenvalue weighted by molar-refractivity contribution is 7.09. The van der Waals surface area contributed by atoms with Gasteiger partial charge in [0, 0.05) is 44.2 Å². The minimum atomic E-state index is 0.0854. The summed E-state index contributed by atoms with van der Waals surface area (Å²) in [6.07, 6.45) is 4.49. The summed E-state index contributed by atoms with van der Waals surface area (Å²) < 4.78 is 0. The van der Waals surface area contributed by atoms with Gasteiger partial charge in [0.05, 0.1) is 10.7 Å². The number of carbonyl (C=O) groups is 1. The van der Waals surface area contributed by atoms with Crippen LogP contribution >= 0.6 is 11.3 Å². The summed E-state index contributed by atoms with van der Waals surface area (Å²) >= 11 is 1.60. The van der Waals surface area contributed by atoms with Crippen LogP contribution in [0, 0.1) is 6.92 Å². The lowest BCUT2D eigenvalue weighted by Gasteiger charge is -2.21. The molecule has 0 bridgehead atoms. The molecule has 1 aromatic heterocycles. The van der Waals surface area contributed by atoms with Gasteiger partial charge in [-0.05, 0) is 25.0 Å². The third-order valence-corrected chi connectivity index (χ3v) is 4.97. The zero-order valence-corrected chi connectivity index (χ0v) is 14.8. The minimum absolute atomic E-state index is 0.0854. The molecule has 1 fully saturated rings. The Labute approximate surface area is 147 Å². The molecule has 0 saturated carbocycles. The molecule has 0 radical (unpaired) electrons. The summed E-state index contributed by atoms with van der Waals surface area (Å²) in [5.74, 6) is 0.0854. The summed E-state index contributed by atoms with van der Waals surface area (Å²) in [6, 6.07) is 10.5. The van der Waals surface area contributed by atoms with E-state index in [0.717, 1.165) is 49.8 Å². The highest BCUT2D eigenvalue weighted by Gasteiger charge is 2.17. The summed E-state index contributed by atoms with van der Waals surface area (Å²) in [6.45, 7) is 6.49. The monoisotopic (exact) mass is 341 g/mol. The molecule has 126 valence electrons. The third-order valence-electron chi connectivity index (χ3n) is 4.18. The van der Waals surface area contributed by atoms with Crippen molar-refractivity contribution in [3.63, 3.8) is 0 Å². The van der Waals surface area contributed by atoms with Crippen LogP contribution in [0.25, 0.3) is 6.08 Å². The molecule has 1 amide bonds. The third kappa shape index (κ3) is 4.76. The van der Waals surface area contributed by atoms with Gasteiger partial charge in [0.15, 0.2) is 0 Å². The Hall–Kier alpha value is -1.98. The van der Waals surface area contributed by atoms with Crippen LogP contribution < -0.4 is 0 Å². The lowest BCUT2D eigenvalue weighted by molar-refractivity contribution is -0.125. The smallest absolute Gasteiger partial charge is 0.246 e. The van der Waals surface area contributed by atoms with E-state index < -0.39 is 0 Å². The Balaban J connectivity index is 1.53. The molecule has 0 unspecified atom stereocenters. The largest absolute Gasteiger partial charge is 0.338 e. The van der Waals surface area contributed by atoms with Crippen molar-refractivity contribution in [1.82, 2.24) is 14.8 Å². The number of amides is 1. The normalized spacial score (nSPS) is 16.5. The average Bonchev–Trinajstić information content (AvgIpc) is 2.87. The fourth-order valence-corrected chi connectivity index (χ4v) is 3.49. The zero-order chi connectivity index (χ0) is 16.8. The van der Waals surface area contributed by atoms with Crippen molar-refractivity contribution in [2.45, 2.75) is 19.9 Å². The summed E-state index contributed by atoms with van der Waals surface area (Å²) in [4.78, 5) is 21.1. The minimum Gasteiger partial charge on any atom is -0.338 e. The SMILES string of the molecule is Cc1nc(/C=C/C(=O)N2CCCN(Cc3ccccc3)CC2)cs1. The topological polar surface area (TPSA) is 36.4 Å². The number of hydrogen-bond donors (Lipinski definition) is 0. The molecule has 0 N–H and O–H groups in total. The van der Waals surface area contributed by atoms with Crippen molar-refractivity contribution in [2.75, 3.05) is 26.2 Å². The van der Waals surface area contributed by atoms with Crippen LogP contribution in [0.2, 0.25) is 0 Å². The van der Waals surface area contributed by atoms with Crippen LogP contribution in [-0.2, 0) is 11.3 Å². The second-order valence-corrected chi connectivity index (χ2v) is 7.13. The summed E-state index contributed by atoms with van der Waals surface area (Å²) in [5, 5.41) is 3.00. The molecule has 0 spiro atoms. The molecule has 2 heterocycles. The van der Waals surface area contributed by atoms with E-state index in [1.54, 1.807) is 17.4 Å². The first kappa shape index (κ1) is 16.9. The van der Waals surface area contributed by atoms with Gasteiger partial charge in [-0.3, -0.25) is 9.69 Å². The van der Waals surface area contributed by atoms with Crippen molar-refractivity contribution in [3.8, 4) is 0 Å². The summed E-state index contributed by atoms with van der Waals surface area (Å²) in [7, 11) is 0. The molecule has 2 aromatic rings. The van der Waals surface area contributed by atoms with Gasteiger partial charge in [0.25, 0.3) is 0 Å². The molecule has 1 aliphatic rings. The van der Waals surface area contributed by atoms with Crippen molar-refractivity contribution in [2.24, 2.45) is 0 Å². The maximum Gasteiger partial charge on any atom is 0.246 e. The number of hydrogen-bond acceptors (Lipinski definition) is 4. The standard InChI is InChI=1S/C19H23N3OS/c1-16-20-18(15-24-16)8-9-19(23)22-11-5-10-21(12-13-22)14-17-6-3-2-4-7-17/h2-4,6-9,15H,5,10-14H2,1H3/b9-8+. The number of aromatic nitrogens is 1. The molecular weight excluding hydrogens is 318 g/mol. The van der Waals surface area contributed by atoms with E-state index in [2.05, 4.69) is 34.1 Å². The van der Waals surface area contributed by atoms with E-state index in [9.17, 15) is 4.79 Å². The second kappa shape index (κ2) is 8.22. The van der Waals surface area contributed by atoms with Gasteiger partial charge >= 0.3 is 0 Å². The predicted octanol–water partition coefficient (Wildman–Crippen LogP) is 3.20. The summed E-state index contributed by atoms with van der Waals surface area (Å²) in [5.41, 5.74) is 2.20. The first-order chi connectivity index (χ1) is 11.7. The number of nitrogens with zero attached hydrogens (tertiary/aromatic N) is 3. The highest BCUT2D eigenvalue weighted by atomic mass is 32.1. The van der Waals surface area contributed by atoms with Crippen LogP contribution in [0.3, 0.4) is 0 Å². The Morgan fingerprint density at radius 1 is 1.21 bits per heavy atom. The van der Waals surface area contributed by atoms with Gasteiger partial charge < -0.3 is 4.90 Å². The van der Waals surface area contributed by atoms with Gasteiger partial charge in [-0.1, -0.05) is 30.3 Å². The number of rotatable bonds is 4. The fourth-order valence-electron chi connectivity index (χ4n) is 2.91. The van der Waals surface area contributed by atoms with Gasteiger partial charge in [-0.2, -0.15) is 0 Å². The first-order valence-corrected chi connectivity index (χ1v) is 9.24. The van der Waals surface area contributed by atoms with Crippen LogP contribution in [0.5, 0.6) is 0 Å². The van der Waals surface area contributed by atoms with Crippen LogP contribution in [-0.4, -0.2) is 46.9 Å². The average molecular weight is 341 g/mol. The van der Waals surface area contributed by atoms with E-state index in [0.29, 0.717) is 0 Å². The predicted molar refractivity (Wildman–Crippen MR) is 98.8 cm³/mol. The van der Waals surface area contributed by atoms with E-state index in [1.165, 1.54) is 5.56 Å². The van der Waals surface area contributed by atoms with Crippen molar-refractivity contribution >= 4 is 23.3 Å². The molecule has 1 aromatic carbocycles. The number of thiazole rings is 1. The quantitative estimate of drug-likeness (QED) is 0.801. The number of carbonyl (C=O) groups excluding carboxylic acids is 1. The van der Waals surface area contributed by atoms with Gasteiger partial charge in [-0.25, -0.2) is 4.98 Å². The van der Waals surface area contributed by atoms with E-state index in [1.807, 2.05) is 29.3 Å². The molecule has 24 heavy (non-hydrogen) atoms. The lowest BCUT2D eigenvalue weighted by Crippen LogP contribution is -2.34. The van der Waals surface area contributed by atoms with Gasteiger partial charge in [0.2, 0.25) is 5.91 Å². The van der Waals surface area contributed by atoms with E-state index in [4.69, 9.17) is 0 Å².